The number of hydrogen-bond donors (Lipinski definition) is 0. The van der Waals surface area contributed by atoms with Gasteiger partial charge in [0.25, 0.3) is 5.91 Å². The normalized spacial score (nSPS) is 10.5. The molecular formula is C23H23NO4. The molecule has 0 saturated carbocycles. The molecular weight excluding hydrogens is 354 g/mol. The van der Waals surface area contributed by atoms with Gasteiger partial charge in [-0.1, -0.05) is 42.5 Å². The molecule has 3 aromatic carbocycles. The van der Waals surface area contributed by atoms with Gasteiger partial charge in [0.15, 0.2) is 12.9 Å². The fourth-order valence-electron chi connectivity index (χ4n) is 2.99. The predicted octanol–water partition coefficient (Wildman–Crippen LogP) is 4.09. The zero-order chi connectivity index (χ0) is 19.9. The van der Waals surface area contributed by atoms with Gasteiger partial charge in [0, 0.05) is 13.6 Å². The second-order valence-electron chi connectivity index (χ2n) is 6.43. The molecule has 5 nitrogen and oxygen atoms in total. The third kappa shape index (κ3) is 4.49. The van der Waals surface area contributed by atoms with Crippen LogP contribution in [0.3, 0.4) is 0 Å². The zero-order valence-electron chi connectivity index (χ0n) is 16.1. The summed E-state index contributed by atoms with van der Waals surface area (Å²) in [6, 6.07) is 18.8. The Kier molecular flexibility index (Phi) is 6.27. The van der Waals surface area contributed by atoms with Crippen molar-refractivity contribution in [1.82, 2.24) is 4.90 Å². The SMILES string of the molecule is CCOc1ccc(CN(C)C(=O)COc2ccc3ccccc3c2C=O)cc1. The predicted molar refractivity (Wildman–Crippen MR) is 109 cm³/mol. The zero-order valence-corrected chi connectivity index (χ0v) is 16.1. The number of amides is 1. The number of hydrogen-bond acceptors (Lipinski definition) is 4. The van der Waals surface area contributed by atoms with Crippen LogP contribution in [0.4, 0.5) is 0 Å². The number of likely N-dealkylation sites (N-methyl/N-ethyl adjacent to an activating group) is 1. The Hall–Kier alpha value is -3.34. The molecule has 3 aromatic rings. The first kappa shape index (κ1) is 19.4. The van der Waals surface area contributed by atoms with E-state index in [0.717, 1.165) is 28.4 Å². The van der Waals surface area contributed by atoms with Crippen molar-refractivity contribution in [3.05, 3.63) is 71.8 Å². The highest BCUT2D eigenvalue weighted by Crippen LogP contribution is 2.26. The van der Waals surface area contributed by atoms with Gasteiger partial charge < -0.3 is 14.4 Å². The number of benzene rings is 3. The number of rotatable bonds is 8. The van der Waals surface area contributed by atoms with Crippen LogP contribution in [0.15, 0.2) is 60.7 Å². The third-order valence-electron chi connectivity index (χ3n) is 4.48. The van der Waals surface area contributed by atoms with Crippen LogP contribution in [0.25, 0.3) is 10.8 Å². The van der Waals surface area contributed by atoms with Gasteiger partial charge in [-0.15, -0.1) is 0 Å². The lowest BCUT2D eigenvalue weighted by Crippen LogP contribution is -2.31. The van der Waals surface area contributed by atoms with Gasteiger partial charge in [0.2, 0.25) is 0 Å². The average Bonchev–Trinajstić information content (AvgIpc) is 2.73. The summed E-state index contributed by atoms with van der Waals surface area (Å²) >= 11 is 0. The second-order valence-corrected chi connectivity index (χ2v) is 6.43. The second kappa shape index (κ2) is 9.04. The Bertz CT molecular complexity index is 966. The molecule has 28 heavy (non-hydrogen) atoms. The Balaban J connectivity index is 1.63. The van der Waals surface area contributed by atoms with Crippen LogP contribution in [0, 0.1) is 0 Å². The quantitative estimate of drug-likeness (QED) is 0.555. The van der Waals surface area contributed by atoms with E-state index in [4.69, 9.17) is 9.47 Å². The van der Waals surface area contributed by atoms with Crippen molar-refractivity contribution in [2.75, 3.05) is 20.3 Å². The number of carbonyl (C=O) groups is 2. The fraction of sp³-hybridized carbons (Fsp3) is 0.217. The van der Waals surface area contributed by atoms with Crippen molar-refractivity contribution < 1.29 is 19.1 Å². The maximum absolute atomic E-state index is 12.4. The number of fused-ring (bicyclic) bond motifs is 1. The largest absolute Gasteiger partial charge is 0.494 e. The van der Waals surface area contributed by atoms with E-state index in [1.165, 1.54) is 0 Å². The van der Waals surface area contributed by atoms with Crippen molar-refractivity contribution in [3.8, 4) is 11.5 Å². The summed E-state index contributed by atoms with van der Waals surface area (Å²) in [5.74, 6) is 1.05. The molecule has 5 heteroatoms. The van der Waals surface area contributed by atoms with Crippen molar-refractivity contribution in [1.29, 1.82) is 0 Å². The molecule has 1 amide bonds. The molecule has 0 aliphatic carbocycles. The van der Waals surface area contributed by atoms with Crippen LogP contribution in [0.2, 0.25) is 0 Å². The smallest absolute Gasteiger partial charge is 0.260 e. The van der Waals surface area contributed by atoms with E-state index in [-0.39, 0.29) is 12.5 Å². The summed E-state index contributed by atoms with van der Waals surface area (Å²) < 4.78 is 11.1. The van der Waals surface area contributed by atoms with Gasteiger partial charge in [-0.05, 0) is 41.5 Å². The summed E-state index contributed by atoms with van der Waals surface area (Å²) in [6.07, 6.45) is 0.770. The molecule has 0 aliphatic rings. The van der Waals surface area contributed by atoms with Gasteiger partial charge in [-0.25, -0.2) is 0 Å². The van der Waals surface area contributed by atoms with Gasteiger partial charge in [-0.2, -0.15) is 0 Å². The lowest BCUT2D eigenvalue weighted by atomic mass is 10.0. The molecule has 0 aliphatic heterocycles. The molecule has 0 bridgehead atoms. The Morgan fingerprint density at radius 2 is 1.75 bits per heavy atom. The molecule has 0 saturated heterocycles. The molecule has 0 N–H and O–H groups in total. The number of aldehydes is 1. The first-order valence-corrected chi connectivity index (χ1v) is 9.17. The highest BCUT2D eigenvalue weighted by Gasteiger charge is 2.13. The molecule has 0 spiro atoms. The number of ether oxygens (including phenoxy) is 2. The minimum Gasteiger partial charge on any atom is -0.494 e. The summed E-state index contributed by atoms with van der Waals surface area (Å²) in [4.78, 5) is 25.6. The van der Waals surface area contributed by atoms with Crippen LogP contribution >= 0.6 is 0 Å². The maximum Gasteiger partial charge on any atom is 0.260 e. The maximum atomic E-state index is 12.4. The number of nitrogens with zero attached hydrogens (tertiary/aromatic N) is 1. The summed E-state index contributed by atoms with van der Waals surface area (Å²) in [7, 11) is 1.73. The monoisotopic (exact) mass is 377 g/mol. The van der Waals surface area contributed by atoms with Crippen LogP contribution in [-0.4, -0.2) is 37.4 Å². The first-order chi connectivity index (χ1) is 13.6. The lowest BCUT2D eigenvalue weighted by Gasteiger charge is -2.18. The summed E-state index contributed by atoms with van der Waals surface area (Å²) in [5, 5.41) is 1.76. The first-order valence-electron chi connectivity index (χ1n) is 9.17. The standard InChI is InChI=1S/C23H23NO4/c1-3-27-19-11-8-17(9-12-19)14-24(2)23(26)16-28-22-13-10-18-6-4-5-7-20(18)21(22)15-25/h4-13,15H,3,14,16H2,1-2H3. The Morgan fingerprint density at radius 1 is 1.00 bits per heavy atom. The van der Waals surface area contributed by atoms with E-state index in [1.807, 2.05) is 61.5 Å². The molecule has 144 valence electrons. The van der Waals surface area contributed by atoms with Crippen molar-refractivity contribution in [3.63, 3.8) is 0 Å². The van der Waals surface area contributed by atoms with Crippen molar-refractivity contribution in [2.45, 2.75) is 13.5 Å². The van der Waals surface area contributed by atoms with Gasteiger partial charge in [-0.3, -0.25) is 9.59 Å². The van der Waals surface area contributed by atoms with E-state index in [0.29, 0.717) is 24.5 Å². The Labute approximate surface area is 164 Å². The minimum atomic E-state index is -0.168. The fourth-order valence-corrected chi connectivity index (χ4v) is 2.99. The van der Waals surface area contributed by atoms with E-state index in [2.05, 4.69) is 0 Å². The topological polar surface area (TPSA) is 55.8 Å². The van der Waals surface area contributed by atoms with Crippen molar-refractivity contribution in [2.24, 2.45) is 0 Å². The molecule has 0 aromatic heterocycles. The minimum absolute atomic E-state index is 0.132. The number of carbonyl (C=O) groups excluding carboxylic acids is 2. The molecule has 0 unspecified atom stereocenters. The third-order valence-corrected chi connectivity index (χ3v) is 4.48. The van der Waals surface area contributed by atoms with E-state index in [9.17, 15) is 9.59 Å². The lowest BCUT2D eigenvalue weighted by molar-refractivity contribution is -0.132. The van der Waals surface area contributed by atoms with E-state index < -0.39 is 0 Å². The highest BCUT2D eigenvalue weighted by atomic mass is 16.5. The molecule has 0 atom stereocenters. The average molecular weight is 377 g/mol. The molecule has 0 fully saturated rings. The van der Waals surface area contributed by atoms with Gasteiger partial charge in [0.1, 0.15) is 11.5 Å². The Morgan fingerprint density at radius 3 is 2.46 bits per heavy atom. The van der Waals surface area contributed by atoms with Crippen LogP contribution in [0.1, 0.15) is 22.8 Å². The van der Waals surface area contributed by atoms with E-state index in [1.54, 1.807) is 18.0 Å². The molecule has 3 rings (SSSR count). The summed E-state index contributed by atoms with van der Waals surface area (Å²) in [5.41, 5.74) is 1.46. The van der Waals surface area contributed by atoms with Crippen molar-refractivity contribution >= 4 is 23.0 Å². The van der Waals surface area contributed by atoms with Gasteiger partial charge >= 0.3 is 0 Å². The molecule has 0 heterocycles. The van der Waals surface area contributed by atoms with Crippen LogP contribution in [-0.2, 0) is 11.3 Å². The summed E-state index contributed by atoms with van der Waals surface area (Å²) in [6.45, 7) is 2.89. The van der Waals surface area contributed by atoms with Gasteiger partial charge in [0.05, 0.1) is 12.2 Å². The van der Waals surface area contributed by atoms with Crippen LogP contribution < -0.4 is 9.47 Å². The van der Waals surface area contributed by atoms with E-state index >= 15 is 0 Å². The molecule has 0 radical (unpaired) electrons. The highest BCUT2D eigenvalue weighted by molar-refractivity contribution is 6.00. The van der Waals surface area contributed by atoms with Crippen LogP contribution in [0.5, 0.6) is 11.5 Å².